The minimum absolute atomic E-state index is 0.00683. The van der Waals surface area contributed by atoms with Crippen molar-refractivity contribution >= 4 is 53.9 Å². The minimum Gasteiger partial charge on any atom is -0.345 e. The summed E-state index contributed by atoms with van der Waals surface area (Å²) in [7, 11) is 0. The first kappa shape index (κ1) is 40.0. The molecular weight excluding hydrogens is 624 g/mol. The monoisotopic (exact) mass is 676 g/mol. The van der Waals surface area contributed by atoms with Gasteiger partial charge in [0.25, 0.3) is 5.91 Å². The number of amides is 7. The minimum atomic E-state index is -1.07. The van der Waals surface area contributed by atoms with Crippen LogP contribution in [0.25, 0.3) is 0 Å². The van der Waals surface area contributed by atoms with Gasteiger partial charge in [-0.1, -0.05) is 27.7 Å². The Morgan fingerprint density at radius 1 is 0.771 bits per heavy atom. The van der Waals surface area contributed by atoms with Gasteiger partial charge >= 0.3 is 0 Å². The number of nitrogens with zero attached hydrogens (tertiary/aromatic N) is 3. The predicted molar refractivity (Wildman–Crippen MR) is 176 cm³/mol. The van der Waals surface area contributed by atoms with Gasteiger partial charge in [0.1, 0.15) is 30.2 Å². The Morgan fingerprint density at radius 3 is 1.77 bits per heavy atom. The molecule has 268 valence electrons. The summed E-state index contributed by atoms with van der Waals surface area (Å²) in [6.45, 7) is 10.7. The third-order valence-electron chi connectivity index (χ3n) is 8.17. The quantitative estimate of drug-likeness (QED) is 0.0975. The molecule has 2 heterocycles. The molecule has 48 heavy (non-hydrogen) atoms. The van der Waals surface area contributed by atoms with Crippen molar-refractivity contribution in [3.63, 3.8) is 0 Å². The first-order valence-electron chi connectivity index (χ1n) is 16.6. The summed E-state index contributed by atoms with van der Waals surface area (Å²) >= 11 is 0. The number of hydrogen-bond acceptors (Lipinski definition) is 9. The van der Waals surface area contributed by atoms with E-state index in [1.807, 2.05) is 27.7 Å². The summed E-state index contributed by atoms with van der Waals surface area (Å²) in [6, 6.07) is -5.36. The van der Waals surface area contributed by atoms with E-state index in [2.05, 4.69) is 26.3 Å². The smallest absolute Gasteiger partial charge is 0.268 e. The Morgan fingerprint density at radius 2 is 1.27 bits per heavy atom. The largest absolute Gasteiger partial charge is 0.345 e. The van der Waals surface area contributed by atoms with E-state index in [4.69, 9.17) is 5.73 Å². The van der Waals surface area contributed by atoms with Crippen LogP contribution in [0, 0.1) is 11.8 Å². The third-order valence-corrected chi connectivity index (χ3v) is 8.17. The molecule has 0 radical (unpaired) electrons. The van der Waals surface area contributed by atoms with Crippen LogP contribution < -0.4 is 27.0 Å². The zero-order valence-corrected chi connectivity index (χ0v) is 28.8. The van der Waals surface area contributed by atoms with Crippen molar-refractivity contribution in [3.8, 4) is 0 Å². The highest BCUT2D eigenvalue weighted by Crippen LogP contribution is 2.22. The number of aldehydes is 1. The predicted octanol–water partition coefficient (Wildman–Crippen LogP) is -1.21. The van der Waals surface area contributed by atoms with Gasteiger partial charge in [0.15, 0.2) is 6.29 Å². The van der Waals surface area contributed by atoms with Crippen LogP contribution in [0.2, 0.25) is 0 Å². The second-order valence-electron chi connectivity index (χ2n) is 13.3. The highest BCUT2D eigenvalue weighted by atomic mass is 16.2. The second kappa shape index (κ2) is 19.0. The van der Waals surface area contributed by atoms with E-state index in [9.17, 15) is 38.4 Å². The third kappa shape index (κ3) is 11.8. The molecule has 0 aliphatic carbocycles. The van der Waals surface area contributed by atoms with Gasteiger partial charge in [-0.2, -0.15) is 0 Å². The number of rotatable bonds is 16. The first-order valence-corrected chi connectivity index (χ1v) is 16.6. The fourth-order valence-corrected chi connectivity index (χ4v) is 5.81. The van der Waals surface area contributed by atoms with Gasteiger partial charge in [-0.15, -0.1) is 0 Å². The van der Waals surface area contributed by atoms with E-state index in [1.54, 1.807) is 0 Å². The molecule has 0 spiro atoms. The van der Waals surface area contributed by atoms with E-state index < -0.39 is 84.1 Å². The van der Waals surface area contributed by atoms with Crippen LogP contribution >= 0.6 is 0 Å². The van der Waals surface area contributed by atoms with Gasteiger partial charge < -0.3 is 36.8 Å². The van der Waals surface area contributed by atoms with Crippen LogP contribution in [0.15, 0.2) is 4.99 Å². The van der Waals surface area contributed by atoms with Crippen molar-refractivity contribution in [1.82, 2.24) is 31.1 Å². The van der Waals surface area contributed by atoms with Crippen molar-refractivity contribution < 1.29 is 38.4 Å². The molecule has 7 amide bonds. The summed E-state index contributed by atoms with van der Waals surface area (Å²) < 4.78 is 0. The molecule has 0 bridgehead atoms. The molecule has 0 aromatic carbocycles. The van der Waals surface area contributed by atoms with Crippen molar-refractivity contribution in [3.05, 3.63) is 0 Å². The van der Waals surface area contributed by atoms with Gasteiger partial charge in [0.2, 0.25) is 35.4 Å². The highest BCUT2D eigenvalue weighted by Gasteiger charge is 2.39. The highest BCUT2D eigenvalue weighted by molar-refractivity contribution is 6.16. The second-order valence-corrected chi connectivity index (χ2v) is 13.3. The lowest BCUT2D eigenvalue weighted by atomic mass is 10.0. The van der Waals surface area contributed by atoms with Crippen LogP contribution in [0.1, 0.15) is 80.1 Å². The van der Waals surface area contributed by atoms with Gasteiger partial charge in [0.05, 0.1) is 18.8 Å². The topological polar surface area (TPSA) is 230 Å². The number of likely N-dealkylation sites (tertiary alicyclic amines) is 2. The standard InChI is InChI=1S/C32H52N8O8/c1-18(2)15-22(37-27(43)20(5)33)31(47)40-13-8-10-25(40)30(46)35-17-26(42)36-21(6)28(44)38-23(16-19(3)4)32(48)39-12-7-9-24(39)29(45)34-11-14-41/h11,14,18-25H,7-10,12-13,15-17,33H2,1-6H3,(H,35,46)(H,36,42)(H,37,43)(H,38,44). The number of aliphatic imine (C=N–C) groups is 1. The number of carbonyl (C=O) groups excluding carboxylic acids is 8. The number of hydrogen-bond donors (Lipinski definition) is 5. The summed E-state index contributed by atoms with van der Waals surface area (Å²) in [5, 5.41) is 10.4. The Kier molecular flexibility index (Phi) is 15.8. The molecule has 2 aliphatic heterocycles. The fraction of sp³-hybridized carbons (Fsp3) is 0.719. The molecule has 16 heteroatoms. The number of nitrogens with one attached hydrogen (secondary N) is 4. The van der Waals surface area contributed by atoms with Crippen molar-refractivity contribution in [2.75, 3.05) is 19.6 Å². The molecule has 2 fully saturated rings. The lowest BCUT2D eigenvalue weighted by Gasteiger charge is -2.30. The normalized spacial score (nSPS) is 20.3. The molecule has 2 saturated heterocycles. The lowest BCUT2D eigenvalue weighted by molar-refractivity contribution is -0.142. The maximum Gasteiger partial charge on any atom is 0.268 e. The first-order chi connectivity index (χ1) is 22.6. The van der Waals surface area contributed by atoms with Crippen LogP contribution in [0.5, 0.6) is 0 Å². The summed E-state index contributed by atoms with van der Waals surface area (Å²) in [5.41, 5.74) is 5.67. The molecule has 0 aromatic heterocycles. The van der Waals surface area contributed by atoms with Crippen LogP contribution in [-0.4, -0.2) is 120 Å². The summed E-state index contributed by atoms with van der Waals surface area (Å²) in [4.78, 5) is 107. The van der Waals surface area contributed by atoms with Gasteiger partial charge in [-0.3, -0.25) is 38.4 Å². The van der Waals surface area contributed by atoms with Gasteiger partial charge in [-0.25, -0.2) is 4.99 Å². The van der Waals surface area contributed by atoms with Crippen molar-refractivity contribution in [2.24, 2.45) is 22.6 Å². The van der Waals surface area contributed by atoms with E-state index >= 15 is 0 Å². The zero-order chi connectivity index (χ0) is 36.1. The molecular formula is C32H52N8O8. The van der Waals surface area contributed by atoms with Gasteiger partial charge in [-0.05, 0) is 64.2 Å². The van der Waals surface area contributed by atoms with E-state index in [0.717, 1.165) is 6.21 Å². The molecule has 0 saturated carbocycles. The fourth-order valence-electron chi connectivity index (χ4n) is 5.81. The molecule has 6 unspecified atom stereocenters. The van der Waals surface area contributed by atoms with Crippen LogP contribution in [-0.2, 0) is 38.4 Å². The van der Waals surface area contributed by atoms with Crippen molar-refractivity contribution in [2.45, 2.75) is 116 Å². The average molecular weight is 677 g/mol. The number of carbonyl (C=O) groups is 8. The number of nitrogens with two attached hydrogens (primary N) is 1. The van der Waals surface area contributed by atoms with Gasteiger partial charge in [0, 0.05) is 13.1 Å². The average Bonchev–Trinajstić information content (AvgIpc) is 3.71. The van der Waals surface area contributed by atoms with E-state index in [1.165, 1.54) is 23.6 Å². The molecule has 2 rings (SSSR count). The Labute approximate surface area is 281 Å². The molecule has 6 atom stereocenters. The zero-order valence-electron chi connectivity index (χ0n) is 28.8. The Bertz CT molecular complexity index is 1240. The van der Waals surface area contributed by atoms with E-state index in [-0.39, 0.29) is 18.3 Å². The maximum absolute atomic E-state index is 13.5. The molecule has 2 aliphatic rings. The summed E-state index contributed by atoms with van der Waals surface area (Å²) in [6.07, 6.45) is 3.75. The van der Waals surface area contributed by atoms with E-state index in [0.29, 0.717) is 51.5 Å². The molecule has 6 N–H and O–H groups in total. The summed E-state index contributed by atoms with van der Waals surface area (Å²) in [5.74, 6) is -3.67. The van der Waals surface area contributed by atoms with Crippen LogP contribution in [0.4, 0.5) is 0 Å². The molecule has 0 aromatic rings. The molecule has 16 nitrogen and oxygen atoms in total. The van der Waals surface area contributed by atoms with Crippen molar-refractivity contribution in [1.29, 1.82) is 0 Å². The maximum atomic E-state index is 13.5. The lowest BCUT2D eigenvalue weighted by Crippen LogP contribution is -2.57. The SMILES string of the molecule is CC(C)CC(NC(=O)C(C)NC(=O)CNC(=O)C1CCCN1C(=O)C(CC(C)C)NC(=O)C(C)N)C(=O)N1CCCC1C(=O)N=CC=O. The Balaban J connectivity index is 1.98. The Hall–Kier alpha value is -4.21. The van der Waals surface area contributed by atoms with Crippen LogP contribution in [0.3, 0.4) is 0 Å².